The lowest BCUT2D eigenvalue weighted by Crippen LogP contribution is -2.21. The average molecular weight is 244 g/mol. The number of rotatable bonds is 3. The van der Waals surface area contributed by atoms with Crippen molar-refractivity contribution in [1.29, 1.82) is 5.26 Å². The summed E-state index contributed by atoms with van der Waals surface area (Å²) in [6, 6.07) is 7.19. The van der Waals surface area contributed by atoms with Gasteiger partial charge in [0.15, 0.2) is 0 Å². The van der Waals surface area contributed by atoms with Gasteiger partial charge < -0.3 is 5.11 Å². The normalized spacial score (nSPS) is 14.3. The Bertz CT molecular complexity index is 380. The summed E-state index contributed by atoms with van der Waals surface area (Å²) in [4.78, 5) is 0. The molecular weight excluding hydrogens is 233 g/mol. The molecule has 0 saturated carbocycles. The van der Waals surface area contributed by atoms with Crippen LogP contribution in [-0.2, 0) is 5.41 Å². The summed E-state index contributed by atoms with van der Waals surface area (Å²) in [7, 11) is 0. The second-order valence-electron chi connectivity index (χ2n) is 3.58. The predicted octanol–water partition coefficient (Wildman–Crippen LogP) is 3.16. The van der Waals surface area contributed by atoms with Gasteiger partial charge in [-0.05, 0) is 37.1 Å². The molecule has 0 saturated heterocycles. The Labute approximate surface area is 99.0 Å². The number of hydrogen-bond donors (Lipinski definition) is 1. The fourth-order valence-electron chi connectivity index (χ4n) is 1.36. The van der Waals surface area contributed by atoms with Gasteiger partial charge in [-0.15, -0.1) is 0 Å². The highest BCUT2D eigenvalue weighted by Crippen LogP contribution is 2.31. The van der Waals surface area contributed by atoms with E-state index in [1.165, 1.54) is 0 Å². The standard InChI is InChI=1S/C11H11Cl2NO/c1-11(7-14,2-3-15)8-4-9(12)6-10(13)5-8/h4-6,15H,2-3H2,1H3. The van der Waals surface area contributed by atoms with Crippen molar-refractivity contribution in [3.8, 4) is 6.07 Å². The van der Waals surface area contributed by atoms with E-state index >= 15 is 0 Å². The van der Waals surface area contributed by atoms with Gasteiger partial charge in [0.2, 0.25) is 0 Å². The molecule has 1 N–H and O–H groups in total. The minimum atomic E-state index is -0.747. The van der Waals surface area contributed by atoms with Gasteiger partial charge in [-0.1, -0.05) is 23.2 Å². The maximum Gasteiger partial charge on any atom is 0.0817 e. The highest BCUT2D eigenvalue weighted by Gasteiger charge is 2.26. The lowest BCUT2D eigenvalue weighted by atomic mass is 9.81. The fraction of sp³-hybridized carbons (Fsp3) is 0.364. The molecule has 2 nitrogen and oxygen atoms in total. The van der Waals surface area contributed by atoms with Crippen LogP contribution in [0.15, 0.2) is 18.2 Å². The van der Waals surface area contributed by atoms with E-state index in [-0.39, 0.29) is 6.61 Å². The zero-order valence-electron chi connectivity index (χ0n) is 8.30. The van der Waals surface area contributed by atoms with Crippen molar-refractivity contribution in [3.63, 3.8) is 0 Å². The van der Waals surface area contributed by atoms with Gasteiger partial charge >= 0.3 is 0 Å². The van der Waals surface area contributed by atoms with Crippen LogP contribution in [0, 0.1) is 11.3 Å². The molecule has 1 rings (SSSR count). The molecule has 1 aromatic rings. The largest absolute Gasteiger partial charge is 0.396 e. The summed E-state index contributed by atoms with van der Waals surface area (Å²) in [5, 5.41) is 19.0. The number of hydrogen-bond acceptors (Lipinski definition) is 2. The first-order chi connectivity index (χ1) is 7.01. The zero-order valence-corrected chi connectivity index (χ0v) is 9.81. The van der Waals surface area contributed by atoms with E-state index in [0.717, 1.165) is 5.56 Å². The molecule has 0 aliphatic rings. The van der Waals surface area contributed by atoms with Crippen molar-refractivity contribution in [2.75, 3.05) is 6.61 Å². The van der Waals surface area contributed by atoms with Crippen LogP contribution in [0.1, 0.15) is 18.9 Å². The smallest absolute Gasteiger partial charge is 0.0817 e. The van der Waals surface area contributed by atoms with Crippen LogP contribution in [0.3, 0.4) is 0 Å². The monoisotopic (exact) mass is 243 g/mol. The molecule has 0 heterocycles. The Morgan fingerprint density at radius 1 is 1.33 bits per heavy atom. The van der Waals surface area contributed by atoms with Gasteiger partial charge in [0.05, 0.1) is 11.5 Å². The molecule has 80 valence electrons. The maximum absolute atomic E-state index is 9.10. The molecule has 1 atom stereocenters. The van der Waals surface area contributed by atoms with E-state index in [9.17, 15) is 0 Å². The van der Waals surface area contributed by atoms with E-state index in [1.54, 1.807) is 25.1 Å². The molecule has 0 bridgehead atoms. The zero-order chi connectivity index (χ0) is 11.5. The molecule has 0 amide bonds. The minimum absolute atomic E-state index is 0.0474. The molecule has 0 aliphatic carbocycles. The van der Waals surface area contributed by atoms with Gasteiger partial charge in [-0.2, -0.15) is 5.26 Å². The first-order valence-corrected chi connectivity index (χ1v) is 5.26. The third-order valence-electron chi connectivity index (χ3n) is 2.36. The van der Waals surface area contributed by atoms with Gasteiger partial charge in [-0.3, -0.25) is 0 Å². The lowest BCUT2D eigenvalue weighted by molar-refractivity contribution is 0.264. The van der Waals surface area contributed by atoms with Gasteiger partial charge in [0.25, 0.3) is 0 Å². The number of benzene rings is 1. The summed E-state index contributed by atoms with van der Waals surface area (Å²) in [6.07, 6.45) is 0.361. The molecule has 0 radical (unpaired) electrons. The molecule has 15 heavy (non-hydrogen) atoms. The number of halogens is 2. The Morgan fingerprint density at radius 2 is 1.87 bits per heavy atom. The van der Waals surface area contributed by atoms with E-state index in [2.05, 4.69) is 6.07 Å². The summed E-state index contributed by atoms with van der Waals surface area (Å²) >= 11 is 11.7. The second-order valence-corrected chi connectivity index (χ2v) is 4.45. The van der Waals surface area contributed by atoms with Crippen molar-refractivity contribution >= 4 is 23.2 Å². The number of nitrogens with zero attached hydrogens (tertiary/aromatic N) is 1. The van der Waals surface area contributed by atoms with Crippen molar-refractivity contribution in [2.24, 2.45) is 0 Å². The third kappa shape index (κ3) is 2.85. The van der Waals surface area contributed by atoms with Crippen LogP contribution in [0.4, 0.5) is 0 Å². The first-order valence-electron chi connectivity index (χ1n) is 4.50. The van der Waals surface area contributed by atoms with Crippen molar-refractivity contribution in [1.82, 2.24) is 0 Å². The lowest BCUT2D eigenvalue weighted by Gasteiger charge is -2.21. The van der Waals surface area contributed by atoms with Crippen molar-refractivity contribution in [2.45, 2.75) is 18.8 Å². The molecule has 0 aliphatic heterocycles. The first kappa shape index (κ1) is 12.3. The van der Waals surface area contributed by atoms with E-state index in [4.69, 9.17) is 33.6 Å². The fourth-order valence-corrected chi connectivity index (χ4v) is 1.89. The predicted molar refractivity (Wildman–Crippen MR) is 61.1 cm³/mol. The third-order valence-corrected chi connectivity index (χ3v) is 2.79. The highest BCUT2D eigenvalue weighted by atomic mass is 35.5. The van der Waals surface area contributed by atoms with Crippen LogP contribution < -0.4 is 0 Å². The van der Waals surface area contributed by atoms with Crippen LogP contribution in [0.2, 0.25) is 10.0 Å². The maximum atomic E-state index is 9.10. The van der Waals surface area contributed by atoms with Gasteiger partial charge in [-0.25, -0.2) is 0 Å². The Kier molecular flexibility index (Phi) is 3.98. The summed E-state index contributed by atoms with van der Waals surface area (Å²) in [6.45, 7) is 1.71. The summed E-state index contributed by atoms with van der Waals surface area (Å²) in [5.74, 6) is 0. The molecule has 0 spiro atoms. The average Bonchev–Trinajstić information content (AvgIpc) is 2.16. The molecule has 0 aromatic heterocycles. The molecule has 0 fully saturated rings. The van der Waals surface area contributed by atoms with Gasteiger partial charge in [0, 0.05) is 16.7 Å². The molecule has 1 unspecified atom stereocenters. The summed E-state index contributed by atoms with van der Waals surface area (Å²) < 4.78 is 0. The second kappa shape index (κ2) is 4.85. The Morgan fingerprint density at radius 3 is 2.27 bits per heavy atom. The van der Waals surface area contributed by atoms with Crippen molar-refractivity contribution in [3.05, 3.63) is 33.8 Å². The van der Waals surface area contributed by atoms with Crippen LogP contribution in [-0.4, -0.2) is 11.7 Å². The number of aliphatic hydroxyl groups excluding tert-OH is 1. The summed E-state index contributed by atoms with van der Waals surface area (Å²) in [5.41, 5.74) is -0.0138. The number of aliphatic hydroxyl groups is 1. The van der Waals surface area contributed by atoms with Gasteiger partial charge in [0.1, 0.15) is 0 Å². The SMILES string of the molecule is CC(C#N)(CCO)c1cc(Cl)cc(Cl)c1. The Balaban J connectivity index is 3.19. The van der Waals surface area contributed by atoms with E-state index in [1.807, 2.05) is 0 Å². The Hall–Kier alpha value is -0.750. The van der Waals surface area contributed by atoms with Crippen LogP contribution in [0.5, 0.6) is 0 Å². The van der Waals surface area contributed by atoms with Crippen LogP contribution >= 0.6 is 23.2 Å². The quantitative estimate of drug-likeness (QED) is 0.887. The molecule has 4 heteroatoms. The van der Waals surface area contributed by atoms with E-state index in [0.29, 0.717) is 16.5 Å². The minimum Gasteiger partial charge on any atom is -0.396 e. The van der Waals surface area contributed by atoms with Crippen molar-refractivity contribution < 1.29 is 5.11 Å². The topological polar surface area (TPSA) is 44.0 Å². The highest BCUT2D eigenvalue weighted by molar-refractivity contribution is 6.34. The molecular formula is C11H11Cl2NO. The molecule has 1 aromatic carbocycles. The van der Waals surface area contributed by atoms with E-state index < -0.39 is 5.41 Å². The van der Waals surface area contributed by atoms with Crippen LogP contribution in [0.25, 0.3) is 0 Å². The number of nitriles is 1.